The second-order valence-electron chi connectivity index (χ2n) is 6.94. The van der Waals surface area contributed by atoms with Gasteiger partial charge in [0.2, 0.25) is 10.0 Å². The maximum absolute atomic E-state index is 12.0. The van der Waals surface area contributed by atoms with Gasteiger partial charge in [0.25, 0.3) is 5.91 Å². The van der Waals surface area contributed by atoms with Crippen LogP contribution in [0.4, 0.5) is 0 Å². The summed E-state index contributed by atoms with van der Waals surface area (Å²) < 4.78 is 25.0. The van der Waals surface area contributed by atoms with Crippen LogP contribution < -0.4 is 5.32 Å². The van der Waals surface area contributed by atoms with Crippen molar-refractivity contribution in [1.29, 1.82) is 0 Å². The molecule has 1 rings (SSSR count). The third kappa shape index (κ3) is 5.93. The molecule has 0 saturated heterocycles. The Bertz CT molecular complexity index is 631. The van der Waals surface area contributed by atoms with Gasteiger partial charge in [-0.05, 0) is 36.1 Å². The van der Waals surface area contributed by atoms with E-state index < -0.39 is 16.1 Å². The molecule has 2 N–H and O–H groups in total. The number of carbonyl (C=O) groups is 1. The summed E-state index contributed by atoms with van der Waals surface area (Å²) in [6, 6.07) is 5.72. The summed E-state index contributed by atoms with van der Waals surface area (Å²) in [6.07, 6.45) is -0.0415. The first-order chi connectivity index (χ1) is 10.4. The lowest BCUT2D eigenvalue weighted by Crippen LogP contribution is -2.34. The molecular weight excluding hydrogens is 316 g/mol. The van der Waals surface area contributed by atoms with Crippen molar-refractivity contribution < 1.29 is 18.3 Å². The Kier molecular flexibility index (Phi) is 6.33. The van der Waals surface area contributed by atoms with Crippen LogP contribution in [0.2, 0.25) is 0 Å². The van der Waals surface area contributed by atoms with Crippen molar-refractivity contribution in [1.82, 2.24) is 9.62 Å². The number of rotatable bonds is 6. The van der Waals surface area contributed by atoms with E-state index in [2.05, 4.69) is 5.32 Å². The third-order valence-electron chi connectivity index (χ3n) is 3.24. The molecule has 0 aliphatic rings. The van der Waals surface area contributed by atoms with Gasteiger partial charge in [0.05, 0.1) is 11.0 Å². The average molecular weight is 342 g/mol. The summed E-state index contributed by atoms with van der Waals surface area (Å²) >= 11 is 0. The SMILES string of the molecule is CN(C)S(=O)(=O)c1ccc(C(=O)NC[C@@H](O)CC(C)(C)C)cc1. The van der Waals surface area contributed by atoms with E-state index in [1.165, 1.54) is 38.4 Å². The van der Waals surface area contributed by atoms with E-state index in [-0.39, 0.29) is 22.8 Å². The van der Waals surface area contributed by atoms with Gasteiger partial charge in [-0.2, -0.15) is 0 Å². The average Bonchev–Trinajstić information content (AvgIpc) is 2.43. The molecule has 130 valence electrons. The molecule has 6 nitrogen and oxygen atoms in total. The van der Waals surface area contributed by atoms with Gasteiger partial charge in [-0.3, -0.25) is 4.79 Å². The quantitative estimate of drug-likeness (QED) is 0.819. The molecule has 0 fully saturated rings. The minimum Gasteiger partial charge on any atom is -0.391 e. The number of benzene rings is 1. The Morgan fingerprint density at radius 1 is 1.22 bits per heavy atom. The summed E-state index contributed by atoms with van der Waals surface area (Å²) in [4.78, 5) is 12.2. The Morgan fingerprint density at radius 3 is 2.17 bits per heavy atom. The molecule has 7 heteroatoms. The Labute approximate surface area is 138 Å². The highest BCUT2D eigenvalue weighted by molar-refractivity contribution is 7.89. The highest BCUT2D eigenvalue weighted by Gasteiger charge is 2.19. The van der Waals surface area contributed by atoms with Crippen molar-refractivity contribution in [3.63, 3.8) is 0 Å². The normalized spacial score (nSPS) is 13.9. The second kappa shape index (κ2) is 7.42. The molecule has 0 aromatic heterocycles. The zero-order valence-corrected chi connectivity index (χ0v) is 15.1. The number of hydrogen-bond donors (Lipinski definition) is 2. The van der Waals surface area contributed by atoms with Crippen LogP contribution in [-0.2, 0) is 10.0 Å². The van der Waals surface area contributed by atoms with Crippen LogP contribution in [0, 0.1) is 5.41 Å². The molecule has 23 heavy (non-hydrogen) atoms. The van der Waals surface area contributed by atoms with Crippen LogP contribution in [0.5, 0.6) is 0 Å². The zero-order valence-electron chi connectivity index (χ0n) is 14.3. The minimum atomic E-state index is -3.50. The predicted octanol–water partition coefficient (Wildman–Crippen LogP) is 1.46. The molecule has 0 saturated carbocycles. The molecule has 1 atom stereocenters. The molecule has 0 bridgehead atoms. The fourth-order valence-electron chi connectivity index (χ4n) is 2.08. The number of amides is 1. The number of nitrogens with zero attached hydrogens (tertiary/aromatic N) is 1. The van der Waals surface area contributed by atoms with Gasteiger partial charge in [-0.1, -0.05) is 20.8 Å². The van der Waals surface area contributed by atoms with E-state index >= 15 is 0 Å². The van der Waals surface area contributed by atoms with Crippen molar-refractivity contribution >= 4 is 15.9 Å². The fraction of sp³-hybridized carbons (Fsp3) is 0.562. The van der Waals surface area contributed by atoms with Crippen LogP contribution in [0.1, 0.15) is 37.6 Å². The van der Waals surface area contributed by atoms with Crippen LogP contribution in [0.3, 0.4) is 0 Å². The monoisotopic (exact) mass is 342 g/mol. The van der Waals surface area contributed by atoms with Crippen molar-refractivity contribution in [3.05, 3.63) is 29.8 Å². The van der Waals surface area contributed by atoms with Gasteiger partial charge in [0, 0.05) is 26.2 Å². The van der Waals surface area contributed by atoms with Crippen LogP contribution in [0.25, 0.3) is 0 Å². The number of aliphatic hydroxyl groups excluding tert-OH is 1. The summed E-state index contributed by atoms with van der Waals surface area (Å²) in [5.74, 6) is -0.341. The molecule has 1 aromatic rings. The van der Waals surface area contributed by atoms with Gasteiger partial charge in [-0.15, -0.1) is 0 Å². The molecule has 0 radical (unpaired) electrons. The molecule has 0 aliphatic carbocycles. The predicted molar refractivity (Wildman–Crippen MR) is 89.7 cm³/mol. The Morgan fingerprint density at radius 2 is 1.74 bits per heavy atom. The molecular formula is C16H26N2O4S. The third-order valence-corrected chi connectivity index (χ3v) is 5.07. The van der Waals surface area contributed by atoms with E-state index in [4.69, 9.17) is 0 Å². The maximum Gasteiger partial charge on any atom is 0.251 e. The van der Waals surface area contributed by atoms with Crippen molar-refractivity contribution in [2.24, 2.45) is 5.41 Å². The minimum absolute atomic E-state index is 0.0215. The van der Waals surface area contributed by atoms with E-state index in [1.807, 2.05) is 20.8 Å². The van der Waals surface area contributed by atoms with Crippen LogP contribution >= 0.6 is 0 Å². The van der Waals surface area contributed by atoms with E-state index in [1.54, 1.807) is 0 Å². The lowest BCUT2D eigenvalue weighted by Gasteiger charge is -2.22. The Balaban J connectivity index is 2.69. The first-order valence-corrected chi connectivity index (χ1v) is 8.86. The number of nitrogens with one attached hydrogen (secondary N) is 1. The summed E-state index contributed by atoms with van der Waals surface area (Å²) in [6.45, 7) is 6.21. The zero-order chi connectivity index (χ0) is 17.8. The first kappa shape index (κ1) is 19.6. The Hall–Kier alpha value is -1.44. The van der Waals surface area contributed by atoms with Gasteiger partial charge in [0.15, 0.2) is 0 Å². The molecule has 0 aliphatic heterocycles. The van der Waals surface area contributed by atoms with Crippen LogP contribution in [0.15, 0.2) is 29.2 Å². The highest BCUT2D eigenvalue weighted by Crippen LogP contribution is 2.20. The van der Waals surface area contributed by atoms with Crippen LogP contribution in [-0.4, -0.2) is 50.5 Å². The van der Waals surface area contributed by atoms with Gasteiger partial charge in [0.1, 0.15) is 0 Å². The molecule has 0 unspecified atom stereocenters. The standard InChI is InChI=1S/C16H26N2O4S/c1-16(2,3)10-13(19)11-17-15(20)12-6-8-14(9-7-12)23(21,22)18(4)5/h6-9,13,19H,10-11H2,1-5H3,(H,17,20)/t13-/m0/s1. The smallest absolute Gasteiger partial charge is 0.251 e. The van der Waals surface area contributed by atoms with Crippen molar-refractivity contribution in [2.45, 2.75) is 38.2 Å². The summed E-state index contributed by atoms with van der Waals surface area (Å²) in [7, 11) is -0.602. The molecule has 0 heterocycles. The van der Waals surface area contributed by atoms with E-state index in [0.717, 1.165) is 4.31 Å². The lowest BCUT2D eigenvalue weighted by atomic mass is 9.89. The number of carbonyl (C=O) groups excluding carboxylic acids is 1. The van der Waals surface area contributed by atoms with E-state index in [0.29, 0.717) is 12.0 Å². The van der Waals surface area contributed by atoms with Gasteiger partial charge >= 0.3 is 0 Å². The maximum atomic E-state index is 12.0. The number of aliphatic hydroxyl groups is 1. The number of hydrogen-bond acceptors (Lipinski definition) is 4. The summed E-state index contributed by atoms with van der Waals surface area (Å²) in [5.41, 5.74) is 0.331. The van der Waals surface area contributed by atoms with Gasteiger partial charge < -0.3 is 10.4 Å². The topological polar surface area (TPSA) is 86.7 Å². The largest absolute Gasteiger partial charge is 0.391 e. The second-order valence-corrected chi connectivity index (χ2v) is 9.09. The highest BCUT2D eigenvalue weighted by atomic mass is 32.2. The fourth-order valence-corrected chi connectivity index (χ4v) is 2.98. The molecule has 1 aromatic carbocycles. The van der Waals surface area contributed by atoms with Gasteiger partial charge in [-0.25, -0.2) is 12.7 Å². The summed E-state index contributed by atoms with van der Waals surface area (Å²) in [5, 5.41) is 12.5. The van der Waals surface area contributed by atoms with Crippen molar-refractivity contribution in [2.75, 3.05) is 20.6 Å². The lowest BCUT2D eigenvalue weighted by molar-refractivity contribution is 0.0868. The van der Waals surface area contributed by atoms with Crippen molar-refractivity contribution in [3.8, 4) is 0 Å². The number of sulfonamides is 1. The molecule has 1 amide bonds. The molecule has 0 spiro atoms. The van der Waals surface area contributed by atoms with E-state index in [9.17, 15) is 18.3 Å². The first-order valence-electron chi connectivity index (χ1n) is 7.42.